The lowest BCUT2D eigenvalue weighted by molar-refractivity contribution is 0.0537. The first-order chi connectivity index (χ1) is 4.70. The van der Waals surface area contributed by atoms with Gasteiger partial charge in [-0.1, -0.05) is 6.08 Å². The van der Waals surface area contributed by atoms with Crippen molar-refractivity contribution >= 4 is 0 Å². The molecule has 0 fully saturated rings. The van der Waals surface area contributed by atoms with Gasteiger partial charge < -0.3 is 9.84 Å². The van der Waals surface area contributed by atoms with Gasteiger partial charge in [0.25, 0.3) is 0 Å². The number of methoxy groups -OCH3 is 1. The van der Waals surface area contributed by atoms with Crippen LogP contribution in [0.5, 0.6) is 0 Å². The number of hydrogen-bond donors (Lipinski definition) is 1. The fourth-order valence-corrected chi connectivity index (χ4v) is 0.855. The van der Waals surface area contributed by atoms with Crippen molar-refractivity contribution in [2.45, 2.75) is 32.0 Å². The van der Waals surface area contributed by atoms with E-state index in [1.54, 1.807) is 20.1 Å². The summed E-state index contributed by atoms with van der Waals surface area (Å²) in [5, 5.41) is 8.97. The summed E-state index contributed by atoms with van der Waals surface area (Å²) < 4.78 is 5.07. The largest absolute Gasteiger partial charge is 0.393 e. The molecule has 0 bridgehead atoms. The van der Waals surface area contributed by atoms with Gasteiger partial charge in [-0.15, -0.1) is 6.58 Å². The number of aliphatic hydroxyl groups is 1. The zero-order valence-electron chi connectivity index (χ0n) is 6.71. The standard InChI is InChI=1S/C8H16O2/c1-4-5-8(10-3)6-7(2)9/h4,7-9H,1,5-6H2,2-3H3. The van der Waals surface area contributed by atoms with E-state index >= 15 is 0 Å². The Labute approximate surface area is 62.5 Å². The highest BCUT2D eigenvalue weighted by molar-refractivity contribution is 4.74. The Morgan fingerprint density at radius 1 is 1.70 bits per heavy atom. The minimum absolute atomic E-state index is 0.123. The molecular formula is C8H16O2. The van der Waals surface area contributed by atoms with E-state index in [2.05, 4.69) is 6.58 Å². The summed E-state index contributed by atoms with van der Waals surface area (Å²) >= 11 is 0. The first kappa shape index (κ1) is 9.66. The van der Waals surface area contributed by atoms with Gasteiger partial charge in [-0.3, -0.25) is 0 Å². The summed E-state index contributed by atoms with van der Waals surface area (Å²) in [5.41, 5.74) is 0. The SMILES string of the molecule is C=CCC(CC(C)O)OC. The molecule has 0 saturated carbocycles. The molecule has 0 aliphatic rings. The van der Waals surface area contributed by atoms with E-state index in [4.69, 9.17) is 9.84 Å². The van der Waals surface area contributed by atoms with E-state index in [1.165, 1.54) is 0 Å². The molecule has 0 aromatic rings. The van der Waals surface area contributed by atoms with E-state index in [0.29, 0.717) is 6.42 Å². The molecule has 0 amide bonds. The van der Waals surface area contributed by atoms with Crippen LogP contribution in [0, 0.1) is 0 Å². The Kier molecular flexibility index (Phi) is 5.26. The second-order valence-corrected chi connectivity index (χ2v) is 2.47. The van der Waals surface area contributed by atoms with E-state index in [-0.39, 0.29) is 12.2 Å². The van der Waals surface area contributed by atoms with Crippen molar-refractivity contribution in [3.8, 4) is 0 Å². The summed E-state index contributed by atoms with van der Waals surface area (Å²) in [7, 11) is 1.65. The Hall–Kier alpha value is -0.340. The van der Waals surface area contributed by atoms with Crippen molar-refractivity contribution in [1.29, 1.82) is 0 Å². The summed E-state index contributed by atoms with van der Waals surface area (Å²) in [5.74, 6) is 0. The van der Waals surface area contributed by atoms with Gasteiger partial charge >= 0.3 is 0 Å². The van der Waals surface area contributed by atoms with Crippen LogP contribution in [-0.2, 0) is 4.74 Å². The van der Waals surface area contributed by atoms with Crippen LogP contribution >= 0.6 is 0 Å². The highest BCUT2D eigenvalue weighted by atomic mass is 16.5. The minimum atomic E-state index is -0.287. The maximum Gasteiger partial charge on any atom is 0.0630 e. The van der Waals surface area contributed by atoms with Crippen molar-refractivity contribution in [3.63, 3.8) is 0 Å². The fraction of sp³-hybridized carbons (Fsp3) is 0.750. The summed E-state index contributed by atoms with van der Waals surface area (Å²) in [4.78, 5) is 0. The van der Waals surface area contributed by atoms with E-state index in [0.717, 1.165) is 6.42 Å². The molecule has 10 heavy (non-hydrogen) atoms. The third kappa shape index (κ3) is 4.53. The van der Waals surface area contributed by atoms with Gasteiger partial charge in [0.2, 0.25) is 0 Å². The second kappa shape index (κ2) is 5.45. The minimum Gasteiger partial charge on any atom is -0.393 e. The predicted molar refractivity (Wildman–Crippen MR) is 41.9 cm³/mol. The molecule has 0 aromatic heterocycles. The first-order valence-corrected chi connectivity index (χ1v) is 3.52. The molecule has 0 spiro atoms. The number of ether oxygens (including phenoxy) is 1. The Morgan fingerprint density at radius 3 is 2.60 bits per heavy atom. The molecule has 0 aromatic carbocycles. The molecule has 0 radical (unpaired) electrons. The number of hydrogen-bond acceptors (Lipinski definition) is 2. The monoisotopic (exact) mass is 144 g/mol. The second-order valence-electron chi connectivity index (χ2n) is 2.47. The zero-order valence-corrected chi connectivity index (χ0v) is 6.71. The van der Waals surface area contributed by atoms with E-state index in [9.17, 15) is 0 Å². The lowest BCUT2D eigenvalue weighted by Gasteiger charge is -2.14. The smallest absolute Gasteiger partial charge is 0.0630 e. The van der Waals surface area contributed by atoms with E-state index in [1.807, 2.05) is 0 Å². The fourth-order valence-electron chi connectivity index (χ4n) is 0.855. The van der Waals surface area contributed by atoms with Crippen LogP contribution < -0.4 is 0 Å². The van der Waals surface area contributed by atoms with Crippen LogP contribution in [0.4, 0.5) is 0 Å². The number of rotatable bonds is 5. The maximum absolute atomic E-state index is 8.97. The molecule has 2 nitrogen and oxygen atoms in total. The molecular weight excluding hydrogens is 128 g/mol. The highest BCUT2D eigenvalue weighted by Gasteiger charge is 2.07. The van der Waals surface area contributed by atoms with Crippen LogP contribution in [0.3, 0.4) is 0 Å². The first-order valence-electron chi connectivity index (χ1n) is 3.52. The third-order valence-corrected chi connectivity index (χ3v) is 1.37. The maximum atomic E-state index is 8.97. The van der Waals surface area contributed by atoms with Crippen LogP contribution in [0.2, 0.25) is 0 Å². The quantitative estimate of drug-likeness (QED) is 0.590. The molecule has 0 aliphatic carbocycles. The van der Waals surface area contributed by atoms with Crippen LogP contribution in [0.1, 0.15) is 19.8 Å². The van der Waals surface area contributed by atoms with Gasteiger partial charge in [0.1, 0.15) is 0 Å². The molecule has 0 saturated heterocycles. The zero-order chi connectivity index (χ0) is 7.98. The molecule has 2 atom stereocenters. The van der Waals surface area contributed by atoms with Crippen molar-refractivity contribution in [3.05, 3.63) is 12.7 Å². The topological polar surface area (TPSA) is 29.5 Å². The molecule has 2 unspecified atom stereocenters. The molecule has 60 valence electrons. The predicted octanol–water partition coefficient (Wildman–Crippen LogP) is 1.35. The van der Waals surface area contributed by atoms with Crippen LogP contribution in [-0.4, -0.2) is 24.4 Å². The molecule has 2 heteroatoms. The van der Waals surface area contributed by atoms with Crippen molar-refractivity contribution in [2.24, 2.45) is 0 Å². The van der Waals surface area contributed by atoms with Gasteiger partial charge in [0.05, 0.1) is 12.2 Å². The Balaban J connectivity index is 3.48. The third-order valence-electron chi connectivity index (χ3n) is 1.37. The average Bonchev–Trinajstić information content (AvgIpc) is 1.86. The van der Waals surface area contributed by atoms with E-state index < -0.39 is 0 Å². The molecule has 0 aliphatic heterocycles. The molecule has 0 heterocycles. The van der Waals surface area contributed by atoms with Crippen molar-refractivity contribution < 1.29 is 9.84 Å². The van der Waals surface area contributed by atoms with Gasteiger partial charge in [0.15, 0.2) is 0 Å². The van der Waals surface area contributed by atoms with Crippen LogP contribution in [0.15, 0.2) is 12.7 Å². The summed E-state index contributed by atoms with van der Waals surface area (Å²) in [6.45, 7) is 5.35. The number of aliphatic hydroxyl groups excluding tert-OH is 1. The average molecular weight is 144 g/mol. The Bertz CT molecular complexity index is 89.3. The van der Waals surface area contributed by atoms with Crippen LogP contribution in [0.25, 0.3) is 0 Å². The van der Waals surface area contributed by atoms with Gasteiger partial charge in [-0.2, -0.15) is 0 Å². The highest BCUT2D eigenvalue weighted by Crippen LogP contribution is 2.05. The normalized spacial score (nSPS) is 16.3. The van der Waals surface area contributed by atoms with Gasteiger partial charge in [0, 0.05) is 7.11 Å². The lowest BCUT2D eigenvalue weighted by atomic mass is 10.1. The molecule has 0 rings (SSSR count). The summed E-state index contributed by atoms with van der Waals surface area (Å²) in [6, 6.07) is 0. The molecule has 1 N–H and O–H groups in total. The summed E-state index contributed by atoms with van der Waals surface area (Å²) in [6.07, 6.45) is 3.13. The van der Waals surface area contributed by atoms with Crippen molar-refractivity contribution in [2.75, 3.05) is 7.11 Å². The lowest BCUT2D eigenvalue weighted by Crippen LogP contribution is -2.16. The van der Waals surface area contributed by atoms with Crippen molar-refractivity contribution in [1.82, 2.24) is 0 Å². The van der Waals surface area contributed by atoms with Gasteiger partial charge in [-0.05, 0) is 19.8 Å². The Morgan fingerprint density at radius 2 is 2.30 bits per heavy atom. The van der Waals surface area contributed by atoms with Gasteiger partial charge in [-0.25, -0.2) is 0 Å².